The van der Waals surface area contributed by atoms with E-state index in [9.17, 15) is 24.5 Å². The Kier molecular flexibility index (Phi) is 7.97. The van der Waals surface area contributed by atoms with Crippen LogP contribution in [0.1, 0.15) is 49.4 Å². The number of aromatic nitrogens is 3. The summed E-state index contributed by atoms with van der Waals surface area (Å²) in [4.78, 5) is 60.1. The molecule has 0 saturated carbocycles. The number of methoxy groups -OCH3 is 1. The Labute approximate surface area is 266 Å². The molecule has 2 aliphatic rings. The topological polar surface area (TPSA) is 133 Å². The van der Waals surface area contributed by atoms with Crippen LogP contribution >= 0.6 is 0 Å². The zero-order valence-corrected chi connectivity index (χ0v) is 26.3. The summed E-state index contributed by atoms with van der Waals surface area (Å²) in [5, 5.41) is 11.3. The van der Waals surface area contributed by atoms with Crippen molar-refractivity contribution in [1.82, 2.24) is 23.9 Å². The molecule has 4 aromatic rings. The zero-order valence-electron chi connectivity index (χ0n) is 26.3. The van der Waals surface area contributed by atoms with Crippen molar-refractivity contribution >= 4 is 23.6 Å². The third-order valence-corrected chi connectivity index (χ3v) is 9.38. The molecule has 0 spiro atoms. The molecule has 0 unspecified atom stereocenters. The maximum Gasteiger partial charge on any atom is 0.381 e. The second kappa shape index (κ2) is 11.9. The number of carbonyl (C=O) groups excluding carboxylic acids is 3. The Hall–Kier alpha value is -5.26. The van der Waals surface area contributed by atoms with Crippen molar-refractivity contribution in [3.8, 4) is 0 Å². The van der Waals surface area contributed by atoms with E-state index in [1.807, 2.05) is 47.0 Å². The van der Waals surface area contributed by atoms with Gasteiger partial charge in [-0.3, -0.25) is 9.59 Å². The van der Waals surface area contributed by atoms with Crippen LogP contribution in [0, 0.1) is 23.0 Å². The molecule has 3 heterocycles. The Bertz CT molecular complexity index is 1810. The summed E-state index contributed by atoms with van der Waals surface area (Å²) in [6.07, 6.45) is 2.17. The van der Waals surface area contributed by atoms with Crippen LogP contribution in [-0.2, 0) is 35.5 Å². The van der Waals surface area contributed by atoms with Crippen LogP contribution < -0.4 is 0 Å². The first-order valence-corrected chi connectivity index (χ1v) is 15.2. The number of esters is 1. The minimum absolute atomic E-state index is 0.105. The number of imidazole rings is 1. The molecular formula is C34H36N6O6. The molecule has 1 aliphatic carbocycles. The molecule has 3 atom stereocenters. The predicted octanol–water partition coefficient (Wildman–Crippen LogP) is 3.87. The molecule has 6 rings (SSSR count). The average molecular weight is 625 g/mol. The summed E-state index contributed by atoms with van der Waals surface area (Å²) >= 11 is 0. The molecule has 1 fully saturated rings. The lowest BCUT2D eigenvalue weighted by Crippen LogP contribution is -2.58. The van der Waals surface area contributed by atoms with E-state index in [0.717, 1.165) is 16.8 Å². The van der Waals surface area contributed by atoms with Crippen LogP contribution in [0.3, 0.4) is 0 Å². The largest absolute Gasteiger partial charge is 0.467 e. The smallest absolute Gasteiger partial charge is 0.381 e. The minimum Gasteiger partial charge on any atom is -0.467 e. The molecule has 238 valence electrons. The number of hydrogen-bond donors (Lipinski definition) is 0. The van der Waals surface area contributed by atoms with Gasteiger partial charge in [0.25, 0.3) is 11.8 Å². The van der Waals surface area contributed by atoms with Gasteiger partial charge in [-0.25, -0.2) is 4.79 Å². The molecule has 46 heavy (non-hydrogen) atoms. The van der Waals surface area contributed by atoms with Crippen molar-refractivity contribution in [1.29, 1.82) is 0 Å². The summed E-state index contributed by atoms with van der Waals surface area (Å²) in [5.41, 5.74) is 2.20. The first-order chi connectivity index (χ1) is 22.1. The lowest BCUT2D eigenvalue weighted by molar-refractivity contribution is -0.389. The summed E-state index contributed by atoms with van der Waals surface area (Å²) < 4.78 is 9.21. The zero-order chi connectivity index (χ0) is 32.7. The van der Waals surface area contributed by atoms with Crippen molar-refractivity contribution in [2.75, 3.05) is 27.7 Å². The van der Waals surface area contributed by atoms with E-state index in [1.165, 1.54) is 18.2 Å². The van der Waals surface area contributed by atoms with Gasteiger partial charge in [0.1, 0.15) is 11.9 Å². The first kappa shape index (κ1) is 30.8. The molecule has 2 aromatic carbocycles. The van der Waals surface area contributed by atoms with Gasteiger partial charge in [0.2, 0.25) is 5.82 Å². The third kappa shape index (κ3) is 5.03. The van der Waals surface area contributed by atoms with E-state index < -0.39 is 22.3 Å². The number of nitrogens with zero attached hydrogens (tertiary/aromatic N) is 6. The summed E-state index contributed by atoms with van der Waals surface area (Å²) in [6, 6.07) is 20.4. The molecule has 12 nitrogen and oxygen atoms in total. The van der Waals surface area contributed by atoms with Crippen LogP contribution in [-0.4, -0.2) is 79.9 Å². The van der Waals surface area contributed by atoms with E-state index in [-0.39, 0.29) is 30.0 Å². The Balaban J connectivity index is 1.48. The predicted molar refractivity (Wildman–Crippen MR) is 168 cm³/mol. The van der Waals surface area contributed by atoms with E-state index in [2.05, 4.69) is 4.98 Å². The summed E-state index contributed by atoms with van der Waals surface area (Å²) in [5.74, 6) is -1.24. The highest BCUT2D eigenvalue weighted by molar-refractivity contribution is 6.00. The molecule has 1 saturated heterocycles. The fourth-order valence-corrected chi connectivity index (χ4v) is 7.38. The van der Waals surface area contributed by atoms with E-state index in [0.29, 0.717) is 43.1 Å². The van der Waals surface area contributed by atoms with Crippen molar-refractivity contribution in [3.05, 3.63) is 117 Å². The van der Waals surface area contributed by atoms with E-state index in [4.69, 9.17) is 4.74 Å². The summed E-state index contributed by atoms with van der Waals surface area (Å²) in [7, 11) is 4.71. The minimum atomic E-state index is -1.37. The number of nitro groups is 1. The third-order valence-electron chi connectivity index (χ3n) is 9.38. The van der Waals surface area contributed by atoms with Gasteiger partial charge in [0.15, 0.2) is 5.54 Å². The quantitative estimate of drug-likeness (QED) is 0.157. The molecule has 2 aromatic heterocycles. The monoisotopic (exact) mass is 624 g/mol. The molecule has 0 radical (unpaired) electrons. The number of hydrogen-bond acceptors (Lipinski definition) is 7. The van der Waals surface area contributed by atoms with Gasteiger partial charge < -0.3 is 33.8 Å². The van der Waals surface area contributed by atoms with Crippen molar-refractivity contribution in [2.24, 2.45) is 5.92 Å². The van der Waals surface area contributed by atoms with Crippen LogP contribution in [0.4, 0.5) is 5.82 Å². The number of likely N-dealkylation sites (tertiary alicyclic amines) is 1. The maximum absolute atomic E-state index is 14.2. The van der Waals surface area contributed by atoms with Crippen LogP contribution in [0.15, 0.2) is 72.9 Å². The van der Waals surface area contributed by atoms with Crippen molar-refractivity contribution in [2.45, 2.75) is 44.3 Å². The number of amides is 2. The number of fused-ring (bicyclic) bond motifs is 3. The maximum atomic E-state index is 14.2. The van der Waals surface area contributed by atoms with Crippen molar-refractivity contribution in [3.63, 3.8) is 0 Å². The molecular weight excluding hydrogens is 588 g/mol. The van der Waals surface area contributed by atoms with Gasteiger partial charge in [-0.2, -0.15) is 0 Å². The lowest BCUT2D eigenvalue weighted by Gasteiger charge is -2.40. The van der Waals surface area contributed by atoms with Gasteiger partial charge in [0.05, 0.1) is 7.11 Å². The standard InChI is InChI=1S/C34H36N6O6/c1-22-35-29(40(44)45)21-37(22)15-16-38-27-17-25-20-39(31(41)24-13-9-6-10-14-24)34(33(43)46-4,19-23-11-7-5-8-12-23)30(25)26(27)18-28(38)32(42)36(2)3/h5-14,18,21,25,30H,15-17,19-20H2,1-4H3/t25-,30+,34+/m0/s1. The molecule has 12 heteroatoms. The van der Waals surface area contributed by atoms with Gasteiger partial charge >= 0.3 is 11.8 Å². The molecule has 0 bridgehead atoms. The van der Waals surface area contributed by atoms with Crippen LogP contribution in [0.25, 0.3) is 0 Å². The van der Waals surface area contributed by atoms with Gasteiger partial charge in [-0.1, -0.05) is 48.5 Å². The van der Waals surface area contributed by atoms with Crippen LogP contribution in [0.5, 0.6) is 0 Å². The number of ether oxygens (including phenoxy) is 1. The second-order valence-electron chi connectivity index (χ2n) is 12.2. The second-order valence-corrected chi connectivity index (χ2v) is 12.2. The van der Waals surface area contributed by atoms with Crippen molar-refractivity contribution < 1.29 is 24.0 Å². The average Bonchev–Trinajstić information content (AvgIpc) is 3.79. The fraction of sp³-hybridized carbons (Fsp3) is 0.353. The van der Waals surface area contributed by atoms with Gasteiger partial charge in [-0.15, -0.1) is 0 Å². The molecule has 2 amide bonds. The Morgan fingerprint density at radius 1 is 1.07 bits per heavy atom. The number of carbonyl (C=O) groups is 3. The fourth-order valence-electron chi connectivity index (χ4n) is 7.38. The number of aryl methyl sites for hydroxylation is 2. The molecule has 1 aliphatic heterocycles. The highest BCUT2D eigenvalue weighted by atomic mass is 16.6. The number of rotatable bonds is 9. The lowest BCUT2D eigenvalue weighted by atomic mass is 9.75. The summed E-state index contributed by atoms with van der Waals surface area (Å²) in [6.45, 7) is 2.74. The van der Waals surface area contributed by atoms with E-state index >= 15 is 0 Å². The highest BCUT2D eigenvalue weighted by Gasteiger charge is 2.64. The Morgan fingerprint density at radius 2 is 1.74 bits per heavy atom. The first-order valence-electron chi connectivity index (χ1n) is 15.2. The van der Waals surface area contributed by atoms with Gasteiger partial charge in [-0.05, 0) is 51.6 Å². The van der Waals surface area contributed by atoms with E-state index in [1.54, 1.807) is 54.8 Å². The number of benzene rings is 2. The van der Waals surface area contributed by atoms with Gasteiger partial charge in [0, 0.05) is 64.2 Å². The normalized spacial score (nSPS) is 19.9. The Morgan fingerprint density at radius 3 is 2.35 bits per heavy atom. The highest BCUT2D eigenvalue weighted by Crippen LogP contribution is 2.55. The SMILES string of the molecule is COC(=O)[C@@]1(Cc2ccccc2)[C@H]2c3cc(C(=O)N(C)C)n(CCn4cc([N+](=O)[O-])nc4C)c3C[C@H]2CN1C(=O)c1ccccc1. The molecule has 0 N–H and O–H groups in total. The van der Waals surface area contributed by atoms with Crippen LogP contribution in [0.2, 0.25) is 0 Å².